The van der Waals surface area contributed by atoms with Crippen molar-refractivity contribution in [3.05, 3.63) is 23.8 Å². The zero-order valence-corrected chi connectivity index (χ0v) is 20.9. The second-order valence-electron chi connectivity index (χ2n) is 8.31. The van der Waals surface area contributed by atoms with Gasteiger partial charge in [-0.2, -0.15) is 0 Å². The fraction of sp³-hybridized carbons (Fsp3) is 0.583. The molecule has 0 spiro atoms. The summed E-state index contributed by atoms with van der Waals surface area (Å²) in [6, 6.07) is 5.89. The number of piperazine rings is 1. The van der Waals surface area contributed by atoms with Gasteiger partial charge in [0.05, 0.1) is 32.8 Å². The van der Waals surface area contributed by atoms with E-state index in [4.69, 9.17) is 34.0 Å². The second-order valence-corrected chi connectivity index (χ2v) is 8.31. The highest BCUT2D eigenvalue weighted by Crippen LogP contribution is 2.28. The third-order valence-electron chi connectivity index (χ3n) is 6.11. The number of carboxylic acid groups (broad SMARTS) is 2. The number of rotatable bonds is 6. The van der Waals surface area contributed by atoms with E-state index >= 15 is 0 Å². The lowest BCUT2D eigenvalue weighted by Gasteiger charge is -2.38. The molecular weight excluding hydrogens is 474 g/mol. The maximum absolute atomic E-state index is 12.9. The monoisotopic (exact) mass is 507 g/mol. The van der Waals surface area contributed by atoms with Crippen LogP contribution in [0.4, 0.5) is 4.79 Å². The van der Waals surface area contributed by atoms with Crippen molar-refractivity contribution in [1.29, 1.82) is 0 Å². The minimum atomic E-state index is -2.19. The van der Waals surface area contributed by atoms with E-state index in [1.165, 1.54) is 0 Å². The summed E-state index contributed by atoms with van der Waals surface area (Å²) in [6.45, 7) is 6.99. The number of amides is 2. The zero-order valence-electron chi connectivity index (χ0n) is 20.9. The van der Waals surface area contributed by atoms with E-state index in [0.29, 0.717) is 32.8 Å². The highest BCUT2D eigenvalue weighted by atomic mass is 16.6. The predicted molar refractivity (Wildman–Crippen MR) is 123 cm³/mol. The van der Waals surface area contributed by atoms with E-state index < -0.39 is 11.9 Å². The first-order chi connectivity index (χ1) is 17.2. The molecule has 12 nitrogen and oxygen atoms in total. The van der Waals surface area contributed by atoms with Gasteiger partial charge in [-0.15, -0.1) is 0 Å². The van der Waals surface area contributed by atoms with Crippen molar-refractivity contribution in [2.24, 2.45) is 5.92 Å². The minimum Gasteiger partial charge on any atom is -0.543 e. The molecule has 2 saturated heterocycles. The third-order valence-corrected chi connectivity index (χ3v) is 6.11. The van der Waals surface area contributed by atoms with Gasteiger partial charge >= 0.3 is 6.09 Å². The Labute approximate surface area is 210 Å². The number of carbonyl (C=O) groups excluding carboxylic acids is 4. The SMILES string of the molecule is CCOC(=O)N1CCN(C(=O)C2CCN(Cc3ccc(OC)cc3OC)CC2)CC1.O=C([O-])C(=O)[O-]. The van der Waals surface area contributed by atoms with Crippen LogP contribution in [0.2, 0.25) is 0 Å². The van der Waals surface area contributed by atoms with E-state index in [0.717, 1.165) is 49.5 Å². The number of likely N-dealkylation sites (tertiary alicyclic amines) is 1. The molecule has 0 aromatic heterocycles. The Morgan fingerprint density at radius 3 is 1.97 bits per heavy atom. The first-order valence-corrected chi connectivity index (χ1v) is 11.8. The molecule has 0 N–H and O–H groups in total. The summed E-state index contributed by atoms with van der Waals surface area (Å²) in [4.78, 5) is 48.6. The predicted octanol–water partition coefficient (Wildman–Crippen LogP) is -1.30. The number of hydrogen-bond donors (Lipinski definition) is 0. The Morgan fingerprint density at radius 2 is 1.47 bits per heavy atom. The number of aliphatic carboxylic acids is 2. The van der Waals surface area contributed by atoms with Gasteiger partial charge in [0, 0.05) is 50.3 Å². The molecule has 2 heterocycles. The first-order valence-electron chi connectivity index (χ1n) is 11.8. The summed E-state index contributed by atoms with van der Waals surface area (Å²) in [5, 5.41) is 17.9. The Balaban J connectivity index is 0.000000678. The minimum absolute atomic E-state index is 0.0631. The number of carbonyl (C=O) groups is 4. The van der Waals surface area contributed by atoms with Gasteiger partial charge in [0.25, 0.3) is 0 Å². The zero-order chi connectivity index (χ0) is 26.7. The van der Waals surface area contributed by atoms with Gasteiger partial charge in [-0.25, -0.2) is 4.79 Å². The molecule has 0 radical (unpaired) electrons. The van der Waals surface area contributed by atoms with E-state index in [9.17, 15) is 9.59 Å². The van der Waals surface area contributed by atoms with Crippen LogP contribution in [0.3, 0.4) is 0 Å². The molecule has 36 heavy (non-hydrogen) atoms. The molecule has 1 aromatic carbocycles. The Morgan fingerprint density at radius 1 is 0.889 bits per heavy atom. The van der Waals surface area contributed by atoms with Gasteiger partial charge in [-0.1, -0.05) is 6.07 Å². The molecular formula is C24H33N3O9-2. The Hall–Kier alpha value is -3.54. The quantitative estimate of drug-likeness (QED) is 0.425. The lowest BCUT2D eigenvalue weighted by molar-refractivity contribution is -0.345. The summed E-state index contributed by atoms with van der Waals surface area (Å²) in [7, 11) is 3.32. The van der Waals surface area contributed by atoms with Crippen LogP contribution in [0, 0.1) is 5.92 Å². The van der Waals surface area contributed by atoms with Crippen molar-refractivity contribution in [2.45, 2.75) is 26.3 Å². The maximum atomic E-state index is 12.9. The summed E-state index contributed by atoms with van der Waals surface area (Å²) >= 11 is 0. The van der Waals surface area contributed by atoms with Crippen molar-refractivity contribution in [3.63, 3.8) is 0 Å². The molecule has 2 fully saturated rings. The van der Waals surface area contributed by atoms with Crippen LogP contribution in [0.25, 0.3) is 0 Å². The topological polar surface area (TPSA) is 152 Å². The number of benzene rings is 1. The smallest absolute Gasteiger partial charge is 0.409 e. The molecule has 2 amide bonds. The van der Waals surface area contributed by atoms with Crippen molar-refractivity contribution in [3.8, 4) is 11.5 Å². The fourth-order valence-corrected chi connectivity index (χ4v) is 4.14. The average molecular weight is 508 g/mol. The standard InChI is InChI=1S/C22H33N3O5.C2H2O4/c1-4-30-22(27)25-13-11-24(12-14-25)21(26)17-7-9-23(10-8-17)16-18-5-6-19(28-2)15-20(18)29-3;3-1(4)2(5)6/h5-6,15,17H,4,7-14,16H2,1-3H3;(H,3,4)(H,5,6)/p-2. The second kappa shape index (κ2) is 14.1. The highest BCUT2D eigenvalue weighted by molar-refractivity contribution is 6.25. The number of ether oxygens (including phenoxy) is 3. The molecule has 0 aliphatic carbocycles. The molecule has 0 atom stereocenters. The number of carboxylic acids is 2. The molecule has 2 aliphatic rings. The Bertz CT molecular complexity index is 896. The average Bonchev–Trinajstić information content (AvgIpc) is 2.89. The van der Waals surface area contributed by atoms with Gasteiger partial charge < -0.3 is 43.8 Å². The molecule has 0 bridgehead atoms. The summed E-state index contributed by atoms with van der Waals surface area (Å²) in [6.07, 6.45) is 1.43. The number of methoxy groups -OCH3 is 2. The van der Waals surface area contributed by atoms with Crippen LogP contribution in [0.1, 0.15) is 25.3 Å². The normalized spacial score (nSPS) is 16.4. The van der Waals surface area contributed by atoms with Crippen LogP contribution in [0.5, 0.6) is 11.5 Å². The number of nitrogens with zero attached hydrogens (tertiary/aromatic N) is 3. The van der Waals surface area contributed by atoms with Gasteiger partial charge in [0.1, 0.15) is 11.5 Å². The number of hydrogen-bond acceptors (Lipinski definition) is 10. The summed E-state index contributed by atoms with van der Waals surface area (Å²) < 4.78 is 15.8. The van der Waals surface area contributed by atoms with Crippen LogP contribution in [-0.2, 0) is 25.7 Å². The molecule has 0 saturated carbocycles. The summed E-state index contributed by atoms with van der Waals surface area (Å²) in [5.41, 5.74) is 1.12. The molecule has 1 aromatic rings. The highest BCUT2D eigenvalue weighted by Gasteiger charge is 2.31. The van der Waals surface area contributed by atoms with E-state index in [1.54, 1.807) is 26.0 Å². The van der Waals surface area contributed by atoms with Gasteiger partial charge in [0.2, 0.25) is 5.91 Å². The number of piperidine rings is 1. The molecule has 0 unspecified atom stereocenters. The van der Waals surface area contributed by atoms with Crippen molar-refractivity contribution >= 4 is 23.9 Å². The fourth-order valence-electron chi connectivity index (χ4n) is 4.14. The third kappa shape index (κ3) is 8.29. The van der Waals surface area contributed by atoms with Crippen LogP contribution in [-0.4, -0.2) is 98.7 Å². The van der Waals surface area contributed by atoms with E-state index in [2.05, 4.69) is 4.90 Å². The lowest BCUT2D eigenvalue weighted by Crippen LogP contribution is -2.53. The molecule has 3 rings (SSSR count). The van der Waals surface area contributed by atoms with Crippen molar-refractivity contribution in [2.75, 3.05) is 60.1 Å². The van der Waals surface area contributed by atoms with Gasteiger partial charge in [-0.3, -0.25) is 9.69 Å². The van der Waals surface area contributed by atoms with Crippen LogP contribution < -0.4 is 19.7 Å². The lowest BCUT2D eigenvalue weighted by atomic mass is 9.94. The van der Waals surface area contributed by atoms with Crippen LogP contribution in [0.15, 0.2) is 18.2 Å². The van der Waals surface area contributed by atoms with Crippen molar-refractivity contribution < 1.29 is 43.6 Å². The van der Waals surface area contributed by atoms with Gasteiger partial charge in [0.15, 0.2) is 0 Å². The molecule has 200 valence electrons. The van der Waals surface area contributed by atoms with Crippen molar-refractivity contribution in [1.82, 2.24) is 14.7 Å². The molecule has 2 aliphatic heterocycles. The van der Waals surface area contributed by atoms with Crippen LogP contribution >= 0.6 is 0 Å². The largest absolute Gasteiger partial charge is 0.543 e. The van der Waals surface area contributed by atoms with E-state index in [-0.39, 0.29) is 17.9 Å². The van der Waals surface area contributed by atoms with E-state index in [1.807, 2.05) is 23.1 Å². The summed E-state index contributed by atoms with van der Waals surface area (Å²) in [5.74, 6) is -2.48. The first kappa shape index (κ1) is 28.7. The molecule has 12 heteroatoms. The van der Waals surface area contributed by atoms with Gasteiger partial charge in [-0.05, 0) is 38.9 Å². The Kier molecular flexibility index (Phi) is 11.3. The maximum Gasteiger partial charge on any atom is 0.409 e.